The van der Waals surface area contributed by atoms with Gasteiger partial charge in [-0.15, -0.1) is 0 Å². The van der Waals surface area contributed by atoms with E-state index in [1.165, 1.54) is 11.8 Å². The minimum absolute atomic E-state index is 0.111. The second kappa shape index (κ2) is 8.31. The summed E-state index contributed by atoms with van der Waals surface area (Å²) in [5.41, 5.74) is 4.33. The summed E-state index contributed by atoms with van der Waals surface area (Å²) in [6, 6.07) is 15.8. The third-order valence-electron chi connectivity index (χ3n) is 4.55. The molecule has 0 spiro atoms. The minimum atomic E-state index is -0.295. The Morgan fingerprint density at radius 3 is 2.00 bits per heavy atom. The lowest BCUT2D eigenvalue weighted by atomic mass is 9.87. The lowest BCUT2D eigenvalue weighted by molar-refractivity contribution is 0.102. The summed E-state index contributed by atoms with van der Waals surface area (Å²) in [5, 5.41) is 6.04. The van der Waals surface area contributed by atoms with Crippen LogP contribution >= 0.6 is 0 Å². The number of hydrogen-bond acceptors (Lipinski definition) is 5. The summed E-state index contributed by atoms with van der Waals surface area (Å²) in [6.45, 7) is 6.55. The molecule has 6 heteroatoms. The first-order valence-corrected chi connectivity index (χ1v) is 9.51. The van der Waals surface area contributed by atoms with Crippen molar-refractivity contribution in [3.63, 3.8) is 0 Å². The molecule has 0 fully saturated rings. The first-order chi connectivity index (χ1) is 13.7. The fourth-order valence-corrected chi connectivity index (χ4v) is 2.75. The molecule has 3 rings (SSSR count). The van der Waals surface area contributed by atoms with Crippen LogP contribution in [0.4, 0.5) is 22.9 Å². The van der Waals surface area contributed by atoms with E-state index in [9.17, 15) is 4.79 Å². The Morgan fingerprint density at radius 2 is 1.48 bits per heavy atom. The molecule has 0 aliphatic carbocycles. The zero-order valence-electron chi connectivity index (χ0n) is 17.5. The van der Waals surface area contributed by atoms with E-state index in [1.807, 2.05) is 55.4 Å². The highest BCUT2D eigenvalue weighted by Gasteiger charge is 2.13. The monoisotopic (exact) mass is 389 g/mol. The number of carbonyl (C=O) groups is 1. The molecule has 0 aliphatic rings. The van der Waals surface area contributed by atoms with Gasteiger partial charge in [-0.1, -0.05) is 32.9 Å². The highest BCUT2D eigenvalue weighted by Crippen LogP contribution is 2.24. The summed E-state index contributed by atoms with van der Waals surface area (Å²) in [5.74, 6) is 0.288. The molecule has 2 N–H and O–H groups in total. The first-order valence-electron chi connectivity index (χ1n) is 9.51. The van der Waals surface area contributed by atoms with Crippen molar-refractivity contribution in [2.24, 2.45) is 0 Å². The molecule has 29 heavy (non-hydrogen) atoms. The van der Waals surface area contributed by atoms with Crippen molar-refractivity contribution in [2.75, 3.05) is 29.6 Å². The Bertz CT molecular complexity index is 956. The van der Waals surface area contributed by atoms with Crippen LogP contribution in [0.1, 0.15) is 36.8 Å². The number of hydrogen-bond donors (Lipinski definition) is 2. The molecule has 0 atom stereocenters. The maximum absolute atomic E-state index is 12.4. The number of anilines is 4. The molecular formula is C23H27N5O. The topological polar surface area (TPSA) is 70.2 Å². The number of amides is 1. The average molecular weight is 390 g/mol. The lowest BCUT2D eigenvalue weighted by Gasteiger charge is -2.19. The zero-order valence-corrected chi connectivity index (χ0v) is 17.5. The van der Waals surface area contributed by atoms with Gasteiger partial charge in [-0.2, -0.15) is 0 Å². The Hall–Kier alpha value is -3.41. The predicted molar refractivity (Wildman–Crippen MR) is 119 cm³/mol. The molecule has 1 heterocycles. The van der Waals surface area contributed by atoms with Gasteiger partial charge < -0.3 is 15.5 Å². The van der Waals surface area contributed by atoms with E-state index in [0.717, 1.165) is 11.4 Å². The standard InChI is InChI=1S/C23H27N5O/c1-23(2,3)16-6-8-17(9-7-16)26-21-15-24-20(14-25-21)22(29)27-18-10-12-19(13-11-18)28(4)5/h6-15H,1-5H3,(H,25,26)(H,27,29). The third-order valence-corrected chi connectivity index (χ3v) is 4.55. The lowest BCUT2D eigenvalue weighted by Crippen LogP contribution is -2.14. The number of carbonyl (C=O) groups excluding carboxylic acids is 1. The number of nitrogens with one attached hydrogen (secondary N) is 2. The molecule has 0 aliphatic heterocycles. The Kier molecular flexibility index (Phi) is 5.82. The molecule has 0 saturated carbocycles. The Labute approximate surface area is 172 Å². The summed E-state index contributed by atoms with van der Waals surface area (Å²) in [4.78, 5) is 22.9. The van der Waals surface area contributed by atoms with E-state index in [-0.39, 0.29) is 17.0 Å². The highest BCUT2D eigenvalue weighted by molar-refractivity contribution is 6.02. The number of benzene rings is 2. The molecule has 1 amide bonds. The maximum atomic E-state index is 12.4. The Morgan fingerprint density at radius 1 is 0.862 bits per heavy atom. The molecule has 0 bridgehead atoms. The normalized spacial score (nSPS) is 11.1. The van der Waals surface area contributed by atoms with Crippen LogP contribution in [0.25, 0.3) is 0 Å². The maximum Gasteiger partial charge on any atom is 0.275 e. The van der Waals surface area contributed by atoms with Crippen LogP contribution in [0.3, 0.4) is 0 Å². The van der Waals surface area contributed by atoms with E-state index in [2.05, 4.69) is 53.5 Å². The van der Waals surface area contributed by atoms with Gasteiger partial charge in [-0.05, 0) is 47.4 Å². The van der Waals surface area contributed by atoms with Crippen LogP contribution in [-0.2, 0) is 5.41 Å². The van der Waals surface area contributed by atoms with Gasteiger partial charge in [0.2, 0.25) is 0 Å². The van der Waals surface area contributed by atoms with Crippen LogP contribution in [0, 0.1) is 0 Å². The molecular weight excluding hydrogens is 362 g/mol. The minimum Gasteiger partial charge on any atom is -0.378 e. The number of aromatic nitrogens is 2. The fraction of sp³-hybridized carbons (Fsp3) is 0.261. The Balaban J connectivity index is 1.62. The molecule has 2 aromatic carbocycles. The van der Waals surface area contributed by atoms with E-state index in [4.69, 9.17) is 0 Å². The van der Waals surface area contributed by atoms with E-state index < -0.39 is 0 Å². The van der Waals surface area contributed by atoms with Gasteiger partial charge in [0.1, 0.15) is 11.5 Å². The van der Waals surface area contributed by atoms with Crippen molar-refractivity contribution in [2.45, 2.75) is 26.2 Å². The van der Waals surface area contributed by atoms with Crippen molar-refractivity contribution >= 4 is 28.8 Å². The van der Waals surface area contributed by atoms with Crippen LogP contribution in [0.5, 0.6) is 0 Å². The molecule has 150 valence electrons. The van der Waals surface area contributed by atoms with Crippen LogP contribution in [0.15, 0.2) is 60.9 Å². The second-order valence-electron chi connectivity index (χ2n) is 8.13. The van der Waals surface area contributed by atoms with E-state index in [1.54, 1.807) is 6.20 Å². The quantitative estimate of drug-likeness (QED) is 0.654. The van der Waals surface area contributed by atoms with Gasteiger partial charge >= 0.3 is 0 Å². The van der Waals surface area contributed by atoms with Gasteiger partial charge in [0.25, 0.3) is 5.91 Å². The number of rotatable bonds is 5. The zero-order chi connectivity index (χ0) is 21.0. The molecule has 6 nitrogen and oxygen atoms in total. The largest absolute Gasteiger partial charge is 0.378 e. The summed E-state index contributed by atoms with van der Waals surface area (Å²) in [6.07, 6.45) is 3.02. The van der Waals surface area contributed by atoms with Gasteiger partial charge in [-0.25, -0.2) is 9.97 Å². The van der Waals surface area contributed by atoms with E-state index >= 15 is 0 Å². The average Bonchev–Trinajstić information content (AvgIpc) is 2.68. The molecule has 0 saturated heterocycles. The van der Waals surface area contributed by atoms with Crippen molar-refractivity contribution in [3.8, 4) is 0 Å². The van der Waals surface area contributed by atoms with Crippen molar-refractivity contribution in [1.82, 2.24) is 9.97 Å². The van der Waals surface area contributed by atoms with Crippen molar-refractivity contribution in [1.29, 1.82) is 0 Å². The van der Waals surface area contributed by atoms with Gasteiger partial charge in [-0.3, -0.25) is 4.79 Å². The smallest absolute Gasteiger partial charge is 0.275 e. The van der Waals surface area contributed by atoms with Crippen LogP contribution in [-0.4, -0.2) is 30.0 Å². The number of nitrogens with zero attached hydrogens (tertiary/aromatic N) is 3. The van der Waals surface area contributed by atoms with Crippen LogP contribution in [0.2, 0.25) is 0 Å². The van der Waals surface area contributed by atoms with Gasteiger partial charge in [0.05, 0.1) is 12.4 Å². The molecule has 0 unspecified atom stereocenters. The SMILES string of the molecule is CN(C)c1ccc(NC(=O)c2cnc(Nc3ccc(C(C)(C)C)cc3)cn2)cc1. The van der Waals surface area contributed by atoms with Gasteiger partial charge in [0.15, 0.2) is 0 Å². The van der Waals surface area contributed by atoms with Crippen molar-refractivity contribution < 1.29 is 4.79 Å². The summed E-state index contributed by atoms with van der Waals surface area (Å²) >= 11 is 0. The van der Waals surface area contributed by atoms with Crippen molar-refractivity contribution in [3.05, 3.63) is 72.2 Å². The fourth-order valence-electron chi connectivity index (χ4n) is 2.75. The first kappa shape index (κ1) is 20.3. The van der Waals surface area contributed by atoms with Crippen LogP contribution < -0.4 is 15.5 Å². The summed E-state index contributed by atoms with van der Waals surface area (Å²) < 4.78 is 0. The summed E-state index contributed by atoms with van der Waals surface area (Å²) in [7, 11) is 3.94. The predicted octanol–water partition coefficient (Wildman–Crippen LogP) is 4.84. The molecule has 3 aromatic rings. The highest BCUT2D eigenvalue weighted by atomic mass is 16.1. The van der Waals surface area contributed by atoms with Gasteiger partial charge in [0, 0.05) is 31.2 Å². The third kappa shape index (κ3) is 5.31. The molecule has 1 aromatic heterocycles. The molecule has 0 radical (unpaired) electrons. The second-order valence-corrected chi connectivity index (χ2v) is 8.13. The van der Waals surface area contributed by atoms with E-state index in [0.29, 0.717) is 11.5 Å².